The summed E-state index contributed by atoms with van der Waals surface area (Å²) in [6.07, 6.45) is 2.32. The van der Waals surface area contributed by atoms with E-state index >= 15 is 0 Å². The maximum Gasteiger partial charge on any atom is 0.101 e. The van der Waals surface area contributed by atoms with Crippen LogP contribution in [0.1, 0.15) is 32.3 Å². The molecule has 0 saturated carbocycles. The third-order valence-electron chi connectivity index (χ3n) is 2.77. The summed E-state index contributed by atoms with van der Waals surface area (Å²) in [5, 5.41) is 9.00. The average molecular weight is 202 g/mol. The maximum atomic E-state index is 9.00. The van der Waals surface area contributed by atoms with Crippen molar-refractivity contribution in [3.8, 4) is 6.07 Å². The van der Waals surface area contributed by atoms with E-state index in [1.807, 2.05) is 24.3 Å². The van der Waals surface area contributed by atoms with Gasteiger partial charge in [-0.25, -0.2) is 0 Å². The van der Waals surface area contributed by atoms with E-state index in [4.69, 9.17) is 5.26 Å². The lowest BCUT2D eigenvalue weighted by atomic mass is 10.1. The van der Waals surface area contributed by atoms with Crippen LogP contribution in [0.25, 0.3) is 0 Å². The summed E-state index contributed by atoms with van der Waals surface area (Å²) < 4.78 is 0. The summed E-state index contributed by atoms with van der Waals surface area (Å²) in [4.78, 5) is 2.18. The van der Waals surface area contributed by atoms with Crippen molar-refractivity contribution >= 4 is 5.69 Å². The van der Waals surface area contributed by atoms with Crippen molar-refractivity contribution in [2.45, 2.75) is 32.7 Å². The van der Waals surface area contributed by atoms with E-state index < -0.39 is 0 Å². The van der Waals surface area contributed by atoms with E-state index in [2.05, 4.69) is 31.9 Å². The van der Waals surface area contributed by atoms with Crippen LogP contribution in [0.5, 0.6) is 0 Å². The SMILES string of the molecule is CCCC(C)N(C)c1ccccc1C#N. The van der Waals surface area contributed by atoms with Crippen molar-refractivity contribution in [1.82, 2.24) is 0 Å². The number of hydrogen-bond donors (Lipinski definition) is 0. The van der Waals surface area contributed by atoms with Crippen LogP contribution in [0.3, 0.4) is 0 Å². The molecule has 15 heavy (non-hydrogen) atoms. The number of nitrogens with zero attached hydrogens (tertiary/aromatic N) is 2. The smallest absolute Gasteiger partial charge is 0.101 e. The van der Waals surface area contributed by atoms with Gasteiger partial charge in [-0.05, 0) is 25.5 Å². The molecule has 1 unspecified atom stereocenters. The monoisotopic (exact) mass is 202 g/mol. The predicted molar refractivity (Wildman–Crippen MR) is 63.9 cm³/mol. The van der Waals surface area contributed by atoms with Crippen LogP contribution in [0.15, 0.2) is 24.3 Å². The van der Waals surface area contributed by atoms with Gasteiger partial charge in [0.05, 0.1) is 11.3 Å². The molecule has 2 nitrogen and oxygen atoms in total. The largest absolute Gasteiger partial charge is 0.371 e. The number of nitriles is 1. The average Bonchev–Trinajstić information content (AvgIpc) is 2.28. The Bertz CT molecular complexity index is 352. The molecule has 0 aliphatic rings. The van der Waals surface area contributed by atoms with Gasteiger partial charge in [0.25, 0.3) is 0 Å². The quantitative estimate of drug-likeness (QED) is 0.749. The lowest BCUT2D eigenvalue weighted by molar-refractivity contribution is 0.616. The number of anilines is 1. The fourth-order valence-electron chi connectivity index (χ4n) is 1.72. The van der Waals surface area contributed by atoms with Crippen LogP contribution >= 0.6 is 0 Å². The van der Waals surface area contributed by atoms with E-state index in [0.29, 0.717) is 6.04 Å². The van der Waals surface area contributed by atoms with Gasteiger partial charge >= 0.3 is 0 Å². The minimum absolute atomic E-state index is 0.476. The number of hydrogen-bond acceptors (Lipinski definition) is 2. The molecule has 0 aliphatic carbocycles. The summed E-state index contributed by atoms with van der Waals surface area (Å²) in [5.41, 5.74) is 1.78. The highest BCUT2D eigenvalue weighted by atomic mass is 15.1. The van der Waals surface area contributed by atoms with Crippen LogP contribution in [0, 0.1) is 11.3 Å². The van der Waals surface area contributed by atoms with Gasteiger partial charge in [0.2, 0.25) is 0 Å². The standard InChI is InChI=1S/C13H18N2/c1-4-7-11(2)15(3)13-9-6-5-8-12(13)10-14/h5-6,8-9,11H,4,7H2,1-3H3. The molecule has 0 spiro atoms. The number of rotatable bonds is 4. The fourth-order valence-corrected chi connectivity index (χ4v) is 1.72. The summed E-state index contributed by atoms with van der Waals surface area (Å²) >= 11 is 0. The van der Waals surface area contributed by atoms with E-state index in [9.17, 15) is 0 Å². The second-order valence-electron chi connectivity index (χ2n) is 3.88. The molecule has 1 aromatic rings. The maximum absolute atomic E-state index is 9.00. The molecule has 0 aromatic heterocycles. The molecule has 0 aliphatic heterocycles. The van der Waals surface area contributed by atoms with Gasteiger partial charge in [-0.2, -0.15) is 5.26 Å². The lowest BCUT2D eigenvalue weighted by Gasteiger charge is -2.27. The Morgan fingerprint density at radius 1 is 1.40 bits per heavy atom. The summed E-state index contributed by atoms with van der Waals surface area (Å²) in [5.74, 6) is 0. The Hall–Kier alpha value is -1.49. The van der Waals surface area contributed by atoms with E-state index in [1.165, 1.54) is 6.42 Å². The molecule has 0 fully saturated rings. The highest BCUT2D eigenvalue weighted by molar-refractivity contribution is 5.59. The van der Waals surface area contributed by atoms with Gasteiger partial charge in [-0.3, -0.25) is 0 Å². The predicted octanol–water partition coefficient (Wildman–Crippen LogP) is 3.18. The van der Waals surface area contributed by atoms with Crippen LogP contribution in [-0.4, -0.2) is 13.1 Å². The van der Waals surface area contributed by atoms with Crippen molar-refractivity contribution < 1.29 is 0 Å². The van der Waals surface area contributed by atoms with Gasteiger partial charge < -0.3 is 4.90 Å². The Balaban J connectivity index is 2.91. The normalized spacial score (nSPS) is 11.9. The number of para-hydroxylation sites is 1. The molecule has 0 saturated heterocycles. The fraction of sp³-hybridized carbons (Fsp3) is 0.462. The molecule has 0 N–H and O–H groups in total. The van der Waals surface area contributed by atoms with E-state index in [-0.39, 0.29) is 0 Å². The summed E-state index contributed by atoms with van der Waals surface area (Å²) in [6, 6.07) is 10.5. The highest BCUT2D eigenvalue weighted by Gasteiger charge is 2.11. The van der Waals surface area contributed by atoms with E-state index in [1.54, 1.807) is 0 Å². The Kier molecular flexibility index (Phi) is 4.17. The van der Waals surface area contributed by atoms with Crippen molar-refractivity contribution in [2.75, 3.05) is 11.9 Å². The van der Waals surface area contributed by atoms with Crippen molar-refractivity contribution in [3.05, 3.63) is 29.8 Å². The molecule has 2 heteroatoms. The number of benzene rings is 1. The zero-order valence-corrected chi connectivity index (χ0v) is 9.70. The minimum atomic E-state index is 0.476. The lowest BCUT2D eigenvalue weighted by Crippen LogP contribution is -2.29. The van der Waals surface area contributed by atoms with Crippen LogP contribution in [0.2, 0.25) is 0 Å². The van der Waals surface area contributed by atoms with Crippen molar-refractivity contribution in [2.24, 2.45) is 0 Å². The molecular weight excluding hydrogens is 184 g/mol. The topological polar surface area (TPSA) is 27.0 Å². The first-order chi connectivity index (χ1) is 7.20. The molecule has 0 amide bonds. The molecule has 0 bridgehead atoms. The molecule has 0 heterocycles. The van der Waals surface area contributed by atoms with Gasteiger partial charge in [-0.1, -0.05) is 25.5 Å². The van der Waals surface area contributed by atoms with Crippen molar-refractivity contribution in [3.63, 3.8) is 0 Å². The van der Waals surface area contributed by atoms with Gasteiger partial charge in [0, 0.05) is 13.1 Å². The molecule has 80 valence electrons. The minimum Gasteiger partial charge on any atom is -0.371 e. The Morgan fingerprint density at radius 3 is 2.67 bits per heavy atom. The molecule has 1 atom stereocenters. The second-order valence-corrected chi connectivity index (χ2v) is 3.88. The van der Waals surface area contributed by atoms with Crippen LogP contribution in [-0.2, 0) is 0 Å². The van der Waals surface area contributed by atoms with Gasteiger partial charge in [0.15, 0.2) is 0 Å². The van der Waals surface area contributed by atoms with Crippen LogP contribution in [0.4, 0.5) is 5.69 Å². The molecular formula is C13H18N2. The first kappa shape index (κ1) is 11.6. The zero-order valence-electron chi connectivity index (χ0n) is 9.70. The third kappa shape index (κ3) is 2.73. The first-order valence-electron chi connectivity index (χ1n) is 5.42. The molecule has 0 radical (unpaired) electrons. The molecule has 1 rings (SSSR count). The first-order valence-corrected chi connectivity index (χ1v) is 5.42. The summed E-state index contributed by atoms with van der Waals surface area (Å²) in [7, 11) is 2.05. The van der Waals surface area contributed by atoms with Gasteiger partial charge in [0.1, 0.15) is 6.07 Å². The highest BCUT2D eigenvalue weighted by Crippen LogP contribution is 2.21. The zero-order chi connectivity index (χ0) is 11.3. The van der Waals surface area contributed by atoms with E-state index in [0.717, 1.165) is 17.7 Å². The summed E-state index contributed by atoms with van der Waals surface area (Å²) in [6.45, 7) is 4.37. The molecule has 1 aromatic carbocycles. The third-order valence-corrected chi connectivity index (χ3v) is 2.77. The Labute approximate surface area is 92.1 Å². The second kappa shape index (κ2) is 5.41. The Morgan fingerprint density at radius 2 is 2.07 bits per heavy atom. The van der Waals surface area contributed by atoms with Crippen molar-refractivity contribution in [1.29, 1.82) is 5.26 Å². The van der Waals surface area contributed by atoms with Gasteiger partial charge in [-0.15, -0.1) is 0 Å². The van der Waals surface area contributed by atoms with Crippen LogP contribution < -0.4 is 4.90 Å².